The molecule has 1 N–H and O–H groups in total. The Bertz CT molecular complexity index is 546. The summed E-state index contributed by atoms with van der Waals surface area (Å²) in [5, 5.41) is 0.512. The van der Waals surface area contributed by atoms with E-state index in [9.17, 15) is 8.42 Å². The van der Waals surface area contributed by atoms with Gasteiger partial charge >= 0.3 is 0 Å². The zero-order chi connectivity index (χ0) is 9.47. The van der Waals surface area contributed by atoms with E-state index in [1.54, 1.807) is 12.3 Å². The van der Waals surface area contributed by atoms with E-state index in [0.29, 0.717) is 11.0 Å². The van der Waals surface area contributed by atoms with E-state index in [4.69, 9.17) is 10.7 Å². The third-order valence-electron chi connectivity index (χ3n) is 1.68. The topological polar surface area (TPSA) is 62.8 Å². The molecule has 0 saturated carbocycles. The summed E-state index contributed by atoms with van der Waals surface area (Å²) in [4.78, 5) is 6.82. The quantitative estimate of drug-likeness (QED) is 0.735. The van der Waals surface area contributed by atoms with Gasteiger partial charge in [0.1, 0.15) is 5.65 Å². The first-order chi connectivity index (χ1) is 6.09. The Kier molecular flexibility index (Phi) is 1.78. The monoisotopic (exact) mass is 216 g/mol. The van der Waals surface area contributed by atoms with Crippen molar-refractivity contribution in [2.24, 2.45) is 0 Å². The van der Waals surface area contributed by atoms with Gasteiger partial charge in [-0.05, 0) is 12.1 Å². The first-order valence-electron chi connectivity index (χ1n) is 3.46. The fraction of sp³-hybridized carbons (Fsp3) is 0. The first kappa shape index (κ1) is 8.52. The Balaban J connectivity index is 2.91. The molecule has 2 aromatic rings. The van der Waals surface area contributed by atoms with Crippen LogP contribution >= 0.6 is 10.7 Å². The minimum Gasteiger partial charge on any atom is -0.346 e. The molecule has 0 saturated heterocycles. The van der Waals surface area contributed by atoms with Crippen molar-refractivity contribution in [2.75, 3.05) is 0 Å². The van der Waals surface area contributed by atoms with Gasteiger partial charge in [0.05, 0.1) is 4.90 Å². The number of aromatic amines is 1. The molecule has 6 heteroatoms. The molecule has 0 unspecified atom stereocenters. The predicted octanol–water partition coefficient (Wildman–Crippen LogP) is 1.49. The highest BCUT2D eigenvalue weighted by molar-refractivity contribution is 8.14. The van der Waals surface area contributed by atoms with Gasteiger partial charge < -0.3 is 4.98 Å². The Morgan fingerprint density at radius 3 is 2.85 bits per heavy atom. The van der Waals surface area contributed by atoms with Gasteiger partial charge in [-0.2, -0.15) is 0 Å². The maximum absolute atomic E-state index is 11.1. The summed E-state index contributed by atoms with van der Waals surface area (Å²) >= 11 is 0. The van der Waals surface area contributed by atoms with Crippen LogP contribution in [0.1, 0.15) is 0 Å². The van der Waals surface area contributed by atoms with Gasteiger partial charge in [0.15, 0.2) is 0 Å². The van der Waals surface area contributed by atoms with Gasteiger partial charge in [-0.15, -0.1) is 0 Å². The van der Waals surface area contributed by atoms with Crippen LogP contribution in [0.4, 0.5) is 0 Å². The number of H-pyrrole nitrogens is 1. The van der Waals surface area contributed by atoms with Gasteiger partial charge in [0, 0.05) is 28.5 Å². The molecular weight excluding hydrogens is 212 g/mol. The van der Waals surface area contributed by atoms with E-state index < -0.39 is 9.05 Å². The number of nitrogens with zero attached hydrogens (tertiary/aromatic N) is 1. The molecule has 0 fully saturated rings. The maximum Gasteiger partial charge on any atom is 0.262 e. The van der Waals surface area contributed by atoms with Crippen molar-refractivity contribution in [3.8, 4) is 0 Å². The van der Waals surface area contributed by atoms with E-state index >= 15 is 0 Å². The lowest BCUT2D eigenvalue weighted by Crippen LogP contribution is -1.91. The summed E-state index contributed by atoms with van der Waals surface area (Å²) in [5.41, 5.74) is 0.515. The largest absolute Gasteiger partial charge is 0.346 e. The van der Waals surface area contributed by atoms with Gasteiger partial charge in [-0.1, -0.05) is 0 Å². The molecule has 2 rings (SSSR count). The maximum atomic E-state index is 11.1. The molecule has 13 heavy (non-hydrogen) atoms. The third kappa shape index (κ3) is 1.40. The highest BCUT2D eigenvalue weighted by Crippen LogP contribution is 2.22. The number of nitrogens with one attached hydrogen (secondary N) is 1. The zero-order valence-corrected chi connectivity index (χ0v) is 7.93. The highest BCUT2D eigenvalue weighted by atomic mass is 35.7. The second-order valence-corrected chi connectivity index (χ2v) is 5.02. The van der Waals surface area contributed by atoms with E-state index in [1.807, 2.05) is 0 Å². The number of rotatable bonds is 1. The second-order valence-electron chi connectivity index (χ2n) is 2.49. The van der Waals surface area contributed by atoms with Crippen molar-refractivity contribution in [3.63, 3.8) is 0 Å². The molecule has 0 aliphatic heterocycles. The Labute approximate surface area is 79.0 Å². The molecule has 0 spiro atoms. The van der Waals surface area contributed by atoms with E-state index in [0.717, 1.165) is 0 Å². The molecule has 0 aliphatic carbocycles. The summed E-state index contributed by atoms with van der Waals surface area (Å²) in [6.45, 7) is 0. The van der Waals surface area contributed by atoms with Gasteiger partial charge in [0.2, 0.25) is 0 Å². The highest BCUT2D eigenvalue weighted by Gasteiger charge is 2.14. The zero-order valence-electron chi connectivity index (χ0n) is 6.36. The number of pyridine rings is 1. The average molecular weight is 217 g/mol. The number of aromatic nitrogens is 2. The lowest BCUT2D eigenvalue weighted by Gasteiger charge is -1.96. The summed E-state index contributed by atoms with van der Waals surface area (Å²) in [6.07, 6.45) is 3.01. The summed E-state index contributed by atoms with van der Waals surface area (Å²) < 4.78 is 22.1. The van der Waals surface area contributed by atoms with Crippen molar-refractivity contribution < 1.29 is 8.42 Å². The summed E-state index contributed by atoms with van der Waals surface area (Å²) in [5.74, 6) is 0. The van der Waals surface area contributed by atoms with Crippen molar-refractivity contribution in [1.29, 1.82) is 0 Å². The van der Waals surface area contributed by atoms with E-state index in [-0.39, 0.29) is 4.90 Å². The molecule has 4 nitrogen and oxygen atoms in total. The molecule has 0 radical (unpaired) electrons. The minimum atomic E-state index is -3.69. The Morgan fingerprint density at radius 2 is 2.15 bits per heavy atom. The predicted molar refractivity (Wildman–Crippen MR) is 49.1 cm³/mol. The van der Waals surface area contributed by atoms with Crippen LogP contribution in [0.2, 0.25) is 0 Å². The normalized spacial score (nSPS) is 12.1. The van der Waals surface area contributed by atoms with Crippen LogP contribution in [0.3, 0.4) is 0 Å². The number of fused-ring (bicyclic) bond motifs is 1. The van der Waals surface area contributed by atoms with Crippen LogP contribution in [0, 0.1) is 0 Å². The fourth-order valence-electron chi connectivity index (χ4n) is 1.15. The van der Waals surface area contributed by atoms with Crippen molar-refractivity contribution in [2.45, 2.75) is 4.90 Å². The Hall–Kier alpha value is -1.07. The molecule has 0 aliphatic rings. The fourth-order valence-corrected chi connectivity index (χ4v) is 2.20. The van der Waals surface area contributed by atoms with Crippen LogP contribution < -0.4 is 0 Å². The van der Waals surface area contributed by atoms with E-state index in [2.05, 4.69) is 9.97 Å². The van der Waals surface area contributed by atoms with Crippen LogP contribution in [0.25, 0.3) is 11.0 Å². The lowest BCUT2D eigenvalue weighted by molar-refractivity contribution is 0.610. The van der Waals surface area contributed by atoms with Gasteiger partial charge in [-0.25, -0.2) is 13.4 Å². The van der Waals surface area contributed by atoms with Crippen LogP contribution in [0.5, 0.6) is 0 Å². The van der Waals surface area contributed by atoms with Crippen LogP contribution in [0.15, 0.2) is 29.4 Å². The van der Waals surface area contributed by atoms with Crippen LogP contribution in [-0.2, 0) is 9.05 Å². The number of halogens is 1. The standard InChI is InChI=1S/C7H5ClN2O2S/c8-13(11,12)6-2-4-10-7-5(6)1-3-9-7/h1-4H,(H,9,10). The van der Waals surface area contributed by atoms with E-state index in [1.165, 1.54) is 12.3 Å². The molecule has 0 aromatic carbocycles. The average Bonchev–Trinajstić information content (AvgIpc) is 2.48. The molecule has 2 heterocycles. The SMILES string of the molecule is O=S(=O)(Cl)c1ccnc2[nH]ccc12. The lowest BCUT2D eigenvalue weighted by atomic mass is 10.3. The second kappa shape index (κ2) is 2.71. The molecular formula is C7H5ClN2O2S. The number of hydrogen-bond acceptors (Lipinski definition) is 3. The molecule has 0 amide bonds. The van der Waals surface area contributed by atoms with Gasteiger partial charge in [0.25, 0.3) is 9.05 Å². The molecule has 68 valence electrons. The third-order valence-corrected chi connectivity index (χ3v) is 3.06. The number of hydrogen-bond donors (Lipinski definition) is 1. The van der Waals surface area contributed by atoms with Crippen molar-refractivity contribution in [3.05, 3.63) is 24.5 Å². The molecule has 0 atom stereocenters. The first-order valence-corrected chi connectivity index (χ1v) is 5.77. The summed E-state index contributed by atoms with van der Waals surface area (Å²) in [7, 11) is 1.54. The minimum absolute atomic E-state index is 0.0837. The Morgan fingerprint density at radius 1 is 1.38 bits per heavy atom. The van der Waals surface area contributed by atoms with Crippen LogP contribution in [-0.4, -0.2) is 18.4 Å². The molecule has 2 aromatic heterocycles. The van der Waals surface area contributed by atoms with Crippen molar-refractivity contribution in [1.82, 2.24) is 9.97 Å². The van der Waals surface area contributed by atoms with Crippen molar-refractivity contribution >= 4 is 30.8 Å². The smallest absolute Gasteiger partial charge is 0.262 e. The summed E-state index contributed by atoms with van der Waals surface area (Å²) in [6, 6.07) is 3.00. The molecule has 0 bridgehead atoms. The van der Waals surface area contributed by atoms with Gasteiger partial charge in [-0.3, -0.25) is 0 Å².